The summed E-state index contributed by atoms with van der Waals surface area (Å²) in [7, 11) is 0. The monoisotopic (exact) mass is 330 g/mol. The summed E-state index contributed by atoms with van der Waals surface area (Å²) < 4.78 is 0. The fourth-order valence-electron chi connectivity index (χ4n) is 2.51. The minimum absolute atomic E-state index is 0.342. The van der Waals surface area contributed by atoms with E-state index in [1.165, 1.54) is 0 Å². The molecule has 1 amide bonds. The van der Waals surface area contributed by atoms with Crippen LogP contribution in [0.3, 0.4) is 0 Å². The second kappa shape index (κ2) is 7.18. The number of piperidine rings is 1. The number of nitrogens with one attached hydrogen (secondary N) is 1. The van der Waals surface area contributed by atoms with E-state index < -0.39 is 0 Å². The molecule has 0 aliphatic carbocycles. The lowest BCUT2D eigenvalue weighted by Gasteiger charge is -2.35. The number of halogens is 2. The maximum Gasteiger partial charge on any atom is 0.240 e. The smallest absolute Gasteiger partial charge is 0.240 e. The van der Waals surface area contributed by atoms with Gasteiger partial charge in [0.15, 0.2) is 5.82 Å². The van der Waals surface area contributed by atoms with Gasteiger partial charge in [-0.05, 0) is 31.7 Å². The number of carbonyl (C=O) groups excluding carboxylic acids is 1. The van der Waals surface area contributed by atoms with Gasteiger partial charge in [0, 0.05) is 13.1 Å². The maximum atomic E-state index is 11.6. The van der Waals surface area contributed by atoms with E-state index in [2.05, 4.69) is 17.2 Å². The highest BCUT2D eigenvalue weighted by Gasteiger charge is 2.29. The molecule has 2 heterocycles. The van der Waals surface area contributed by atoms with E-state index in [-0.39, 0.29) is 11.9 Å². The Kier molecular flexibility index (Phi) is 5.53. The van der Waals surface area contributed by atoms with E-state index in [1.54, 1.807) is 6.07 Å². The molecule has 0 bridgehead atoms. The average molecular weight is 331 g/mol. The lowest BCUT2D eigenvalue weighted by Crippen LogP contribution is -2.48. The number of hydrogen-bond acceptors (Lipinski definition) is 4. The molecule has 1 aliphatic heterocycles. The number of pyridine rings is 1. The van der Waals surface area contributed by atoms with Crippen LogP contribution in [0.2, 0.25) is 10.0 Å². The third kappa shape index (κ3) is 3.71. The normalized spacial score (nSPS) is 18.6. The van der Waals surface area contributed by atoms with Crippen LogP contribution in [-0.4, -0.2) is 30.0 Å². The highest BCUT2D eigenvalue weighted by molar-refractivity contribution is 6.37. The zero-order valence-electron chi connectivity index (χ0n) is 12.0. The fourth-order valence-corrected chi connectivity index (χ4v) is 3.04. The summed E-state index contributed by atoms with van der Waals surface area (Å²) in [4.78, 5) is 18.0. The molecule has 0 saturated carbocycles. The number of amides is 1. The van der Waals surface area contributed by atoms with Gasteiger partial charge in [-0.25, -0.2) is 4.98 Å². The molecule has 1 aromatic heterocycles. The van der Waals surface area contributed by atoms with Crippen molar-refractivity contribution in [2.75, 3.05) is 23.3 Å². The van der Waals surface area contributed by atoms with Crippen molar-refractivity contribution >= 4 is 40.7 Å². The molecular formula is C14H20Cl2N4O. The number of rotatable bonds is 5. The number of carbonyl (C=O) groups is 1. The van der Waals surface area contributed by atoms with Crippen LogP contribution in [0.4, 0.5) is 11.6 Å². The molecule has 0 spiro atoms. The largest absolute Gasteiger partial charge is 0.369 e. The van der Waals surface area contributed by atoms with Crippen molar-refractivity contribution in [2.45, 2.75) is 38.6 Å². The molecule has 3 N–H and O–H groups in total. The van der Waals surface area contributed by atoms with Crippen LogP contribution in [0.1, 0.15) is 32.6 Å². The number of nitrogens with two attached hydrogens (primary N) is 1. The summed E-state index contributed by atoms with van der Waals surface area (Å²) in [6, 6.07) is 1.31. The molecule has 21 heavy (non-hydrogen) atoms. The quantitative estimate of drug-likeness (QED) is 0.870. The van der Waals surface area contributed by atoms with E-state index in [0.717, 1.165) is 38.8 Å². The minimum Gasteiger partial charge on any atom is -0.369 e. The van der Waals surface area contributed by atoms with Crippen LogP contribution >= 0.6 is 23.2 Å². The summed E-state index contributed by atoms with van der Waals surface area (Å²) in [6.45, 7) is 3.55. The molecule has 1 saturated heterocycles. The number of aromatic nitrogens is 1. The number of anilines is 2. The molecule has 1 aliphatic rings. The van der Waals surface area contributed by atoms with Gasteiger partial charge >= 0.3 is 0 Å². The van der Waals surface area contributed by atoms with Crippen LogP contribution in [0, 0.1) is 0 Å². The molecule has 1 aromatic rings. The van der Waals surface area contributed by atoms with Crippen molar-refractivity contribution < 1.29 is 4.79 Å². The van der Waals surface area contributed by atoms with Crippen molar-refractivity contribution in [2.24, 2.45) is 5.73 Å². The first-order chi connectivity index (χ1) is 10.0. The van der Waals surface area contributed by atoms with Gasteiger partial charge in [0.1, 0.15) is 11.9 Å². The molecule has 1 unspecified atom stereocenters. The molecule has 1 atom stereocenters. The van der Waals surface area contributed by atoms with E-state index in [4.69, 9.17) is 28.9 Å². The Balaban J connectivity index is 2.34. The maximum absolute atomic E-state index is 11.6. The Morgan fingerprint density at radius 3 is 2.90 bits per heavy atom. The lowest BCUT2D eigenvalue weighted by molar-refractivity contribution is -0.119. The van der Waals surface area contributed by atoms with E-state index in [1.807, 2.05) is 4.90 Å². The Bertz CT molecular complexity index is 524. The molecule has 1 fully saturated rings. The van der Waals surface area contributed by atoms with E-state index >= 15 is 0 Å². The first-order valence-corrected chi connectivity index (χ1v) is 7.96. The van der Waals surface area contributed by atoms with Crippen molar-refractivity contribution in [3.63, 3.8) is 0 Å². The Labute approximate surface area is 134 Å². The molecule has 2 rings (SSSR count). The molecule has 0 radical (unpaired) electrons. The predicted molar refractivity (Wildman–Crippen MR) is 87.2 cm³/mol. The van der Waals surface area contributed by atoms with Crippen LogP contribution in [-0.2, 0) is 4.79 Å². The average Bonchev–Trinajstić information content (AvgIpc) is 2.46. The standard InChI is InChI=1S/C14H20Cl2N4O/c1-2-6-18-13-9(15)8-10(16)14(19-13)20-7-4-3-5-11(20)12(17)21/h8,11H,2-7H2,1H3,(H2,17,21)(H,18,19). The van der Waals surface area contributed by atoms with Gasteiger partial charge in [-0.1, -0.05) is 30.1 Å². The second-order valence-electron chi connectivity index (χ2n) is 5.16. The zero-order valence-corrected chi connectivity index (χ0v) is 13.5. The topological polar surface area (TPSA) is 71.2 Å². The molecular weight excluding hydrogens is 311 g/mol. The zero-order chi connectivity index (χ0) is 15.4. The first kappa shape index (κ1) is 16.2. The van der Waals surface area contributed by atoms with Crippen molar-refractivity contribution in [3.05, 3.63) is 16.1 Å². The Hall–Kier alpha value is -1.20. The molecule has 7 heteroatoms. The SMILES string of the molecule is CCCNc1nc(N2CCCCC2C(N)=O)c(Cl)cc1Cl. The Morgan fingerprint density at radius 2 is 2.24 bits per heavy atom. The summed E-state index contributed by atoms with van der Waals surface area (Å²) in [5.41, 5.74) is 5.50. The van der Waals surface area contributed by atoms with Gasteiger partial charge in [-0.3, -0.25) is 4.79 Å². The summed E-state index contributed by atoms with van der Waals surface area (Å²) in [5, 5.41) is 4.09. The third-order valence-corrected chi connectivity index (χ3v) is 4.12. The van der Waals surface area contributed by atoms with Crippen LogP contribution in [0.5, 0.6) is 0 Å². The summed E-state index contributed by atoms with van der Waals surface area (Å²) in [6.07, 6.45) is 3.66. The molecule has 0 aromatic carbocycles. The summed E-state index contributed by atoms with van der Waals surface area (Å²) in [5.74, 6) is 0.820. The minimum atomic E-state index is -0.357. The van der Waals surface area contributed by atoms with Gasteiger partial charge in [0.05, 0.1) is 10.0 Å². The first-order valence-electron chi connectivity index (χ1n) is 7.20. The van der Waals surface area contributed by atoms with Gasteiger partial charge in [-0.2, -0.15) is 0 Å². The van der Waals surface area contributed by atoms with Gasteiger partial charge in [-0.15, -0.1) is 0 Å². The van der Waals surface area contributed by atoms with Crippen LogP contribution in [0.15, 0.2) is 6.07 Å². The predicted octanol–water partition coefficient (Wildman–Crippen LogP) is 3.05. The van der Waals surface area contributed by atoms with Crippen molar-refractivity contribution in [1.82, 2.24) is 4.98 Å². The summed E-state index contributed by atoms with van der Waals surface area (Å²) >= 11 is 12.4. The van der Waals surface area contributed by atoms with Crippen molar-refractivity contribution in [3.8, 4) is 0 Å². The van der Waals surface area contributed by atoms with Crippen molar-refractivity contribution in [1.29, 1.82) is 0 Å². The fraction of sp³-hybridized carbons (Fsp3) is 0.571. The number of hydrogen-bond donors (Lipinski definition) is 2. The highest BCUT2D eigenvalue weighted by atomic mass is 35.5. The van der Waals surface area contributed by atoms with Gasteiger partial charge < -0.3 is 16.0 Å². The second-order valence-corrected chi connectivity index (χ2v) is 5.97. The molecule has 116 valence electrons. The van der Waals surface area contributed by atoms with Gasteiger partial charge in [0.25, 0.3) is 0 Å². The van der Waals surface area contributed by atoms with Gasteiger partial charge in [0.2, 0.25) is 5.91 Å². The number of primary amides is 1. The van der Waals surface area contributed by atoms with E-state index in [0.29, 0.717) is 21.7 Å². The third-order valence-electron chi connectivity index (χ3n) is 3.56. The van der Waals surface area contributed by atoms with Crippen LogP contribution < -0.4 is 16.0 Å². The Morgan fingerprint density at radius 1 is 1.48 bits per heavy atom. The highest BCUT2D eigenvalue weighted by Crippen LogP contribution is 2.34. The lowest BCUT2D eigenvalue weighted by atomic mass is 10.0. The van der Waals surface area contributed by atoms with Crippen LogP contribution in [0.25, 0.3) is 0 Å². The van der Waals surface area contributed by atoms with E-state index in [9.17, 15) is 4.79 Å². The molecule has 5 nitrogen and oxygen atoms in total. The number of nitrogens with zero attached hydrogens (tertiary/aromatic N) is 2.